The summed E-state index contributed by atoms with van der Waals surface area (Å²) in [4.78, 5) is 21.9. The highest BCUT2D eigenvalue weighted by Crippen LogP contribution is 2.23. The Hall–Kier alpha value is -2.15. The van der Waals surface area contributed by atoms with Gasteiger partial charge in [-0.1, -0.05) is 24.3 Å². The van der Waals surface area contributed by atoms with Gasteiger partial charge in [0.2, 0.25) is 5.91 Å². The highest BCUT2D eigenvalue weighted by molar-refractivity contribution is 7.92. The smallest absolute Gasteiger partial charge is 0.328 e. The van der Waals surface area contributed by atoms with Gasteiger partial charge in [-0.2, -0.15) is 0 Å². The number of nitrogens with two attached hydrogens (primary N) is 1. The molecule has 0 unspecified atom stereocenters. The molecule has 0 spiro atoms. The highest BCUT2D eigenvalue weighted by atomic mass is 32.2. The molecule has 0 saturated carbocycles. The van der Waals surface area contributed by atoms with Crippen molar-refractivity contribution in [1.29, 1.82) is 0 Å². The summed E-state index contributed by atoms with van der Waals surface area (Å²) in [6, 6.07) is 6.47. The van der Waals surface area contributed by atoms with Crippen LogP contribution in [0.25, 0.3) is 6.08 Å². The summed E-state index contributed by atoms with van der Waals surface area (Å²) in [5, 5.41) is 8.63. The molecule has 1 aromatic rings. The van der Waals surface area contributed by atoms with Crippen molar-refractivity contribution in [3.63, 3.8) is 0 Å². The predicted octanol–water partition coefficient (Wildman–Crippen LogP) is 0.963. The average molecular weight is 311 g/mol. The maximum absolute atomic E-state index is 12.3. The van der Waals surface area contributed by atoms with Gasteiger partial charge in [0.05, 0.1) is 5.75 Å². The van der Waals surface area contributed by atoms with Crippen molar-refractivity contribution in [2.24, 2.45) is 5.73 Å². The largest absolute Gasteiger partial charge is 0.478 e. The van der Waals surface area contributed by atoms with E-state index >= 15 is 0 Å². The van der Waals surface area contributed by atoms with Crippen LogP contribution >= 0.6 is 0 Å². The van der Waals surface area contributed by atoms with Gasteiger partial charge in [-0.25, -0.2) is 13.2 Å². The van der Waals surface area contributed by atoms with E-state index in [0.29, 0.717) is 11.1 Å². The summed E-state index contributed by atoms with van der Waals surface area (Å²) in [7, 11) is -3.83. The van der Waals surface area contributed by atoms with Gasteiger partial charge in [0.15, 0.2) is 9.84 Å². The van der Waals surface area contributed by atoms with Crippen LogP contribution in [-0.2, 0) is 25.2 Å². The monoisotopic (exact) mass is 311 g/mol. The molecule has 0 heterocycles. The first kappa shape index (κ1) is 16.9. The third-order valence-electron chi connectivity index (χ3n) is 3.18. The number of rotatable bonds is 6. The van der Waals surface area contributed by atoms with Crippen LogP contribution in [0.4, 0.5) is 0 Å². The molecular weight excluding hydrogens is 294 g/mol. The van der Waals surface area contributed by atoms with Crippen molar-refractivity contribution >= 4 is 27.8 Å². The van der Waals surface area contributed by atoms with Gasteiger partial charge in [-0.3, -0.25) is 4.79 Å². The van der Waals surface area contributed by atoms with Crippen molar-refractivity contribution < 1.29 is 23.1 Å². The van der Waals surface area contributed by atoms with Crippen LogP contribution < -0.4 is 5.73 Å². The van der Waals surface area contributed by atoms with Crippen LogP contribution in [0.15, 0.2) is 30.3 Å². The fourth-order valence-electron chi connectivity index (χ4n) is 1.53. The summed E-state index contributed by atoms with van der Waals surface area (Å²) in [6.07, 6.45) is 2.23. The predicted molar refractivity (Wildman–Crippen MR) is 79.0 cm³/mol. The Morgan fingerprint density at radius 1 is 1.29 bits per heavy atom. The summed E-state index contributed by atoms with van der Waals surface area (Å²) < 4.78 is 22.9. The van der Waals surface area contributed by atoms with Crippen molar-refractivity contribution in [3.05, 3.63) is 41.5 Å². The number of carbonyl (C=O) groups is 2. The minimum Gasteiger partial charge on any atom is -0.478 e. The molecule has 7 heteroatoms. The summed E-state index contributed by atoms with van der Waals surface area (Å²) in [5.41, 5.74) is 6.01. The Kier molecular flexibility index (Phi) is 4.90. The zero-order valence-electron chi connectivity index (χ0n) is 11.7. The SMILES string of the molecule is CC(C)(C(N)=O)S(=O)(=O)Cc1ccccc1/C=C/C(=O)O. The van der Waals surface area contributed by atoms with E-state index in [1.807, 2.05) is 0 Å². The van der Waals surface area contributed by atoms with E-state index in [-0.39, 0.29) is 0 Å². The number of amides is 1. The maximum Gasteiger partial charge on any atom is 0.328 e. The molecule has 0 aliphatic rings. The Morgan fingerprint density at radius 2 is 1.86 bits per heavy atom. The fraction of sp³-hybridized carbons (Fsp3) is 0.286. The molecule has 21 heavy (non-hydrogen) atoms. The van der Waals surface area contributed by atoms with Crippen LogP contribution in [-0.4, -0.2) is 30.1 Å². The molecule has 1 rings (SSSR count). The first-order valence-electron chi connectivity index (χ1n) is 6.09. The molecule has 0 atom stereocenters. The quantitative estimate of drug-likeness (QED) is 0.759. The molecule has 0 aliphatic heterocycles. The van der Waals surface area contributed by atoms with Gasteiger partial charge in [-0.15, -0.1) is 0 Å². The lowest BCUT2D eigenvalue weighted by atomic mass is 10.1. The zero-order valence-corrected chi connectivity index (χ0v) is 12.6. The van der Waals surface area contributed by atoms with E-state index < -0.39 is 32.2 Å². The first-order chi connectivity index (χ1) is 9.58. The van der Waals surface area contributed by atoms with E-state index in [1.54, 1.807) is 24.3 Å². The molecule has 1 aromatic carbocycles. The Morgan fingerprint density at radius 3 is 2.38 bits per heavy atom. The summed E-state index contributed by atoms with van der Waals surface area (Å²) in [6.45, 7) is 2.50. The Bertz CT molecular complexity index is 689. The molecular formula is C14H17NO5S. The van der Waals surface area contributed by atoms with Crippen molar-refractivity contribution in [2.75, 3.05) is 0 Å². The molecule has 0 radical (unpaired) electrons. The van der Waals surface area contributed by atoms with Gasteiger partial charge in [0, 0.05) is 6.08 Å². The number of primary amides is 1. The second-order valence-corrected chi connectivity index (χ2v) is 7.54. The highest BCUT2D eigenvalue weighted by Gasteiger charge is 2.40. The lowest BCUT2D eigenvalue weighted by Crippen LogP contribution is -2.45. The lowest BCUT2D eigenvalue weighted by Gasteiger charge is -2.21. The van der Waals surface area contributed by atoms with Crippen LogP contribution in [0.1, 0.15) is 25.0 Å². The van der Waals surface area contributed by atoms with Gasteiger partial charge in [0.1, 0.15) is 4.75 Å². The Labute approximate surface area is 123 Å². The fourth-order valence-corrected chi connectivity index (χ4v) is 2.87. The van der Waals surface area contributed by atoms with Gasteiger partial charge in [-0.05, 0) is 31.1 Å². The zero-order chi connectivity index (χ0) is 16.3. The third-order valence-corrected chi connectivity index (χ3v) is 5.62. The molecule has 0 aromatic heterocycles. The van der Waals surface area contributed by atoms with Crippen molar-refractivity contribution in [1.82, 2.24) is 0 Å². The lowest BCUT2D eigenvalue weighted by molar-refractivity contribution is -0.131. The van der Waals surface area contributed by atoms with Crippen molar-refractivity contribution in [3.8, 4) is 0 Å². The summed E-state index contributed by atoms with van der Waals surface area (Å²) >= 11 is 0. The van der Waals surface area contributed by atoms with Crippen LogP contribution in [0.5, 0.6) is 0 Å². The topological polar surface area (TPSA) is 115 Å². The number of carbonyl (C=O) groups excluding carboxylic acids is 1. The standard InChI is InChI=1S/C14H17NO5S/c1-14(2,13(15)18)21(19,20)9-11-6-4-3-5-10(11)7-8-12(16)17/h3-8H,9H2,1-2H3,(H2,15,18)(H,16,17)/b8-7+. The number of sulfone groups is 1. The van der Waals surface area contributed by atoms with Gasteiger partial charge in [0.25, 0.3) is 0 Å². The van der Waals surface area contributed by atoms with Crippen LogP contribution in [0.3, 0.4) is 0 Å². The first-order valence-corrected chi connectivity index (χ1v) is 7.74. The average Bonchev–Trinajstić information content (AvgIpc) is 2.36. The number of benzene rings is 1. The molecule has 6 nitrogen and oxygen atoms in total. The number of carboxylic acid groups (broad SMARTS) is 1. The number of hydrogen-bond acceptors (Lipinski definition) is 4. The molecule has 0 aliphatic carbocycles. The number of aliphatic carboxylic acids is 1. The van der Waals surface area contributed by atoms with E-state index in [2.05, 4.69) is 0 Å². The second-order valence-electron chi connectivity index (χ2n) is 5.00. The molecule has 1 amide bonds. The number of carboxylic acids is 1. The number of hydrogen-bond donors (Lipinski definition) is 2. The van der Waals surface area contributed by atoms with Crippen molar-refractivity contribution in [2.45, 2.75) is 24.3 Å². The molecule has 0 saturated heterocycles. The van der Waals surface area contributed by atoms with E-state index in [0.717, 1.165) is 6.08 Å². The molecule has 114 valence electrons. The molecule has 3 N–H and O–H groups in total. The minimum absolute atomic E-state index is 0.400. The van der Waals surface area contributed by atoms with E-state index in [9.17, 15) is 18.0 Å². The normalized spacial score (nSPS) is 12.5. The Balaban J connectivity index is 3.20. The van der Waals surface area contributed by atoms with Gasteiger partial charge >= 0.3 is 5.97 Å². The minimum atomic E-state index is -3.83. The summed E-state index contributed by atoms with van der Waals surface area (Å²) in [5.74, 6) is -2.46. The maximum atomic E-state index is 12.3. The third kappa shape index (κ3) is 3.91. The van der Waals surface area contributed by atoms with E-state index in [1.165, 1.54) is 19.9 Å². The molecule has 0 bridgehead atoms. The van der Waals surface area contributed by atoms with Crippen LogP contribution in [0.2, 0.25) is 0 Å². The second kappa shape index (κ2) is 6.09. The molecule has 0 fully saturated rings. The van der Waals surface area contributed by atoms with Gasteiger partial charge < -0.3 is 10.8 Å². The van der Waals surface area contributed by atoms with E-state index in [4.69, 9.17) is 10.8 Å². The van der Waals surface area contributed by atoms with Crippen LogP contribution in [0, 0.1) is 0 Å².